The molecule has 2 aliphatic heterocycles. The maximum absolute atomic E-state index is 12.7. The summed E-state index contributed by atoms with van der Waals surface area (Å²) in [5, 5.41) is 13.4. The summed E-state index contributed by atoms with van der Waals surface area (Å²) < 4.78 is 5.38. The molecule has 0 aromatic heterocycles. The molecule has 3 atom stereocenters. The minimum atomic E-state index is -0.797. The fourth-order valence-electron chi connectivity index (χ4n) is 4.38. The monoisotopic (exact) mass is 437 g/mol. The summed E-state index contributed by atoms with van der Waals surface area (Å²) >= 11 is 0. The first-order valence-corrected chi connectivity index (χ1v) is 11.3. The van der Waals surface area contributed by atoms with E-state index >= 15 is 0 Å². The highest BCUT2D eigenvalue weighted by atomic mass is 16.5. The third-order valence-corrected chi connectivity index (χ3v) is 6.40. The summed E-state index contributed by atoms with van der Waals surface area (Å²) in [5.41, 5.74) is 2.91. The highest BCUT2D eigenvalue weighted by Crippen LogP contribution is 2.28. The second-order valence-corrected chi connectivity index (χ2v) is 8.49. The molecule has 2 saturated heterocycles. The van der Waals surface area contributed by atoms with Crippen LogP contribution < -0.4 is 10.2 Å². The van der Waals surface area contributed by atoms with E-state index in [0.29, 0.717) is 6.54 Å². The van der Waals surface area contributed by atoms with E-state index in [1.54, 1.807) is 4.90 Å². The molecule has 2 amide bonds. The van der Waals surface area contributed by atoms with Gasteiger partial charge in [-0.3, -0.25) is 9.59 Å². The van der Waals surface area contributed by atoms with Crippen LogP contribution in [0.25, 0.3) is 0 Å². The Morgan fingerprint density at radius 2 is 1.78 bits per heavy atom. The molecule has 0 spiro atoms. The number of rotatable bonds is 7. The number of amides is 2. The van der Waals surface area contributed by atoms with Gasteiger partial charge >= 0.3 is 0 Å². The second-order valence-electron chi connectivity index (χ2n) is 8.49. The molecule has 3 unspecified atom stereocenters. The molecule has 2 aromatic carbocycles. The summed E-state index contributed by atoms with van der Waals surface area (Å²) in [4.78, 5) is 29.2. The Bertz CT molecular complexity index is 913. The van der Waals surface area contributed by atoms with E-state index in [0.717, 1.165) is 43.1 Å². The van der Waals surface area contributed by atoms with Crippen molar-refractivity contribution in [1.82, 2.24) is 10.2 Å². The van der Waals surface area contributed by atoms with Crippen LogP contribution in [0.4, 0.5) is 5.69 Å². The number of likely N-dealkylation sites (tertiary alicyclic amines) is 1. The molecular weight excluding hydrogens is 406 g/mol. The molecule has 0 aliphatic carbocycles. The molecule has 0 radical (unpaired) electrons. The Balaban J connectivity index is 1.28. The molecular formula is C25H31N3O4. The molecule has 0 saturated carbocycles. The van der Waals surface area contributed by atoms with Crippen LogP contribution in [0.3, 0.4) is 0 Å². The Hall–Kier alpha value is -2.90. The predicted octanol–water partition coefficient (Wildman–Crippen LogP) is 2.28. The van der Waals surface area contributed by atoms with Crippen molar-refractivity contribution in [3.05, 3.63) is 65.7 Å². The Morgan fingerprint density at radius 3 is 2.47 bits per heavy atom. The van der Waals surface area contributed by atoms with E-state index in [1.165, 1.54) is 0 Å². The van der Waals surface area contributed by atoms with Gasteiger partial charge in [0.1, 0.15) is 0 Å². The lowest BCUT2D eigenvalue weighted by Crippen LogP contribution is -2.36. The van der Waals surface area contributed by atoms with Gasteiger partial charge in [-0.25, -0.2) is 0 Å². The van der Waals surface area contributed by atoms with Crippen LogP contribution in [-0.4, -0.2) is 61.2 Å². The molecule has 7 heteroatoms. The fourth-order valence-corrected chi connectivity index (χ4v) is 4.38. The first-order chi connectivity index (χ1) is 15.5. The van der Waals surface area contributed by atoms with Crippen molar-refractivity contribution >= 4 is 17.5 Å². The number of carbonyl (C=O) groups is 2. The normalized spacial score (nSPS) is 20.8. The lowest BCUT2D eigenvalue weighted by Gasteiger charge is -2.29. The molecule has 2 aromatic rings. The number of aliphatic hydroxyl groups is 1. The maximum atomic E-state index is 12.7. The van der Waals surface area contributed by atoms with E-state index in [2.05, 4.69) is 10.2 Å². The zero-order valence-electron chi connectivity index (χ0n) is 18.4. The van der Waals surface area contributed by atoms with Crippen LogP contribution in [0.15, 0.2) is 54.6 Å². The molecule has 4 rings (SSSR count). The zero-order chi connectivity index (χ0) is 22.5. The van der Waals surface area contributed by atoms with E-state index in [1.807, 2.05) is 61.5 Å². The van der Waals surface area contributed by atoms with Crippen molar-refractivity contribution in [3.8, 4) is 0 Å². The molecule has 7 nitrogen and oxygen atoms in total. The predicted molar refractivity (Wildman–Crippen MR) is 122 cm³/mol. The second kappa shape index (κ2) is 10.1. The van der Waals surface area contributed by atoms with Gasteiger partial charge in [-0.15, -0.1) is 0 Å². The van der Waals surface area contributed by atoms with Crippen molar-refractivity contribution in [2.45, 2.75) is 25.5 Å². The third kappa shape index (κ3) is 5.11. The van der Waals surface area contributed by atoms with E-state index < -0.39 is 12.0 Å². The topological polar surface area (TPSA) is 82.1 Å². The lowest BCUT2D eigenvalue weighted by molar-refractivity contribution is -0.130. The Labute approximate surface area is 189 Å². The Kier molecular flexibility index (Phi) is 7.07. The third-order valence-electron chi connectivity index (χ3n) is 6.40. The number of nitrogens with one attached hydrogen (secondary N) is 1. The number of benzene rings is 2. The van der Waals surface area contributed by atoms with E-state index in [9.17, 15) is 14.7 Å². The highest BCUT2D eigenvalue weighted by Gasteiger charge is 2.37. The lowest BCUT2D eigenvalue weighted by atomic mass is 10.1. The Morgan fingerprint density at radius 1 is 1.09 bits per heavy atom. The van der Waals surface area contributed by atoms with Crippen molar-refractivity contribution in [2.75, 3.05) is 44.3 Å². The number of anilines is 1. The molecule has 170 valence electrons. The molecule has 2 heterocycles. The summed E-state index contributed by atoms with van der Waals surface area (Å²) in [6.45, 7) is 5.66. The van der Waals surface area contributed by atoms with E-state index in [-0.39, 0.29) is 30.8 Å². The van der Waals surface area contributed by atoms with Crippen LogP contribution in [0.5, 0.6) is 0 Å². The fraction of sp³-hybridized carbons (Fsp3) is 0.440. The van der Waals surface area contributed by atoms with Crippen LogP contribution in [0, 0.1) is 5.92 Å². The first kappa shape index (κ1) is 22.3. The molecule has 32 heavy (non-hydrogen) atoms. The smallest absolute Gasteiger partial charge is 0.225 e. The largest absolute Gasteiger partial charge is 0.387 e. The van der Waals surface area contributed by atoms with Crippen LogP contribution >= 0.6 is 0 Å². The number of aliphatic hydroxyl groups excluding tert-OH is 1. The summed E-state index contributed by atoms with van der Waals surface area (Å²) in [5.74, 6) is -0.601. The zero-order valence-corrected chi connectivity index (χ0v) is 18.4. The number of hydrogen-bond acceptors (Lipinski definition) is 5. The van der Waals surface area contributed by atoms with Crippen molar-refractivity contribution < 1.29 is 19.4 Å². The van der Waals surface area contributed by atoms with Gasteiger partial charge in [0, 0.05) is 38.3 Å². The van der Waals surface area contributed by atoms with Crippen LogP contribution in [-0.2, 0) is 14.3 Å². The molecule has 2 fully saturated rings. The van der Waals surface area contributed by atoms with E-state index in [4.69, 9.17) is 4.74 Å². The van der Waals surface area contributed by atoms with Gasteiger partial charge < -0.3 is 25.0 Å². The number of carbonyl (C=O) groups excluding carboxylic acids is 2. The minimum absolute atomic E-state index is 0.0132. The molecule has 2 N–H and O–H groups in total. The summed E-state index contributed by atoms with van der Waals surface area (Å²) in [6.07, 6.45) is -0.595. The van der Waals surface area contributed by atoms with Gasteiger partial charge in [-0.2, -0.15) is 0 Å². The maximum Gasteiger partial charge on any atom is 0.225 e. The minimum Gasteiger partial charge on any atom is -0.387 e. The van der Waals surface area contributed by atoms with Crippen LogP contribution in [0.1, 0.15) is 36.6 Å². The van der Waals surface area contributed by atoms with Crippen molar-refractivity contribution in [2.24, 2.45) is 5.92 Å². The number of morpholine rings is 1. The van der Waals surface area contributed by atoms with Gasteiger partial charge in [-0.1, -0.05) is 42.5 Å². The quantitative estimate of drug-likeness (QED) is 0.695. The highest BCUT2D eigenvalue weighted by molar-refractivity contribution is 5.89. The average Bonchev–Trinajstić information content (AvgIpc) is 3.24. The van der Waals surface area contributed by atoms with Crippen molar-refractivity contribution in [1.29, 1.82) is 0 Å². The van der Waals surface area contributed by atoms with Crippen molar-refractivity contribution in [3.63, 3.8) is 0 Å². The van der Waals surface area contributed by atoms with Gasteiger partial charge in [0.25, 0.3) is 0 Å². The van der Waals surface area contributed by atoms with Gasteiger partial charge in [0.2, 0.25) is 11.8 Å². The van der Waals surface area contributed by atoms with Gasteiger partial charge in [-0.05, 0) is 30.2 Å². The number of nitrogens with zero attached hydrogens (tertiary/aromatic N) is 2. The number of hydrogen-bond donors (Lipinski definition) is 2. The average molecular weight is 438 g/mol. The SMILES string of the molecule is CC(c1ccccc1)N1CC(C(=O)NCC(O)c2ccc(N3CCOCC3)cc2)CC1=O. The first-order valence-electron chi connectivity index (χ1n) is 11.3. The number of ether oxygens (including phenoxy) is 1. The molecule has 0 bridgehead atoms. The van der Waals surface area contributed by atoms with Gasteiger partial charge in [0.05, 0.1) is 31.3 Å². The molecule has 2 aliphatic rings. The van der Waals surface area contributed by atoms with Gasteiger partial charge in [0.15, 0.2) is 0 Å². The summed E-state index contributed by atoms with van der Waals surface area (Å²) in [7, 11) is 0. The standard InChI is InChI=1S/C25H31N3O4/c1-18(19-5-3-2-4-6-19)28-17-21(15-24(28)30)25(31)26-16-23(29)20-7-9-22(10-8-20)27-11-13-32-14-12-27/h2-10,18,21,23,29H,11-17H2,1H3,(H,26,31). The summed E-state index contributed by atoms with van der Waals surface area (Å²) in [6, 6.07) is 17.5. The van der Waals surface area contributed by atoms with Crippen LogP contribution in [0.2, 0.25) is 0 Å².